The highest BCUT2D eigenvalue weighted by molar-refractivity contribution is 5.90. The van der Waals surface area contributed by atoms with Gasteiger partial charge in [-0.3, -0.25) is 9.59 Å². The van der Waals surface area contributed by atoms with Crippen LogP contribution in [0.1, 0.15) is 37.3 Å². The van der Waals surface area contributed by atoms with E-state index in [1.54, 1.807) is 14.2 Å². The zero-order chi connectivity index (χ0) is 20.4. The van der Waals surface area contributed by atoms with E-state index < -0.39 is 0 Å². The van der Waals surface area contributed by atoms with Crippen LogP contribution in [-0.4, -0.2) is 26.0 Å². The van der Waals surface area contributed by atoms with Crippen molar-refractivity contribution in [2.24, 2.45) is 0 Å². The standard InChI is InChI=1S/C22H28N2O4/c1-4-5-22(26)24-18-10-6-17(7-11-18)15-23-21(25)13-9-16-8-12-19(27-2)20(14-16)28-3/h6-8,10-12,14H,4-5,9,13,15H2,1-3H3,(H,23,25)(H,24,26). The number of carbonyl (C=O) groups excluding carboxylic acids is 2. The lowest BCUT2D eigenvalue weighted by Gasteiger charge is -2.10. The molecule has 0 heterocycles. The number of anilines is 1. The highest BCUT2D eigenvalue weighted by Crippen LogP contribution is 2.27. The summed E-state index contributed by atoms with van der Waals surface area (Å²) in [5.41, 5.74) is 2.76. The van der Waals surface area contributed by atoms with Crippen LogP contribution >= 0.6 is 0 Å². The number of hydrogen-bond acceptors (Lipinski definition) is 4. The number of aryl methyl sites for hydroxylation is 1. The smallest absolute Gasteiger partial charge is 0.224 e. The van der Waals surface area contributed by atoms with E-state index in [9.17, 15) is 9.59 Å². The predicted molar refractivity (Wildman–Crippen MR) is 110 cm³/mol. The van der Waals surface area contributed by atoms with E-state index in [4.69, 9.17) is 9.47 Å². The molecular formula is C22H28N2O4. The van der Waals surface area contributed by atoms with Crippen molar-refractivity contribution in [1.82, 2.24) is 5.32 Å². The monoisotopic (exact) mass is 384 g/mol. The Hall–Kier alpha value is -3.02. The van der Waals surface area contributed by atoms with E-state index >= 15 is 0 Å². The zero-order valence-corrected chi connectivity index (χ0v) is 16.7. The van der Waals surface area contributed by atoms with E-state index in [-0.39, 0.29) is 11.8 Å². The summed E-state index contributed by atoms with van der Waals surface area (Å²) in [5, 5.41) is 5.76. The van der Waals surface area contributed by atoms with Crippen LogP contribution < -0.4 is 20.1 Å². The Kier molecular flexibility index (Phi) is 8.34. The second-order valence-electron chi connectivity index (χ2n) is 6.46. The van der Waals surface area contributed by atoms with Gasteiger partial charge in [0.2, 0.25) is 11.8 Å². The van der Waals surface area contributed by atoms with Gasteiger partial charge in [-0.15, -0.1) is 0 Å². The minimum Gasteiger partial charge on any atom is -0.493 e. The normalized spacial score (nSPS) is 10.2. The van der Waals surface area contributed by atoms with Crippen molar-refractivity contribution in [2.45, 2.75) is 39.2 Å². The molecule has 0 aliphatic carbocycles. The lowest BCUT2D eigenvalue weighted by molar-refractivity contribution is -0.121. The second-order valence-corrected chi connectivity index (χ2v) is 6.46. The van der Waals surface area contributed by atoms with Gasteiger partial charge in [-0.2, -0.15) is 0 Å². The van der Waals surface area contributed by atoms with Crippen molar-refractivity contribution >= 4 is 17.5 Å². The highest BCUT2D eigenvalue weighted by atomic mass is 16.5. The van der Waals surface area contributed by atoms with Gasteiger partial charge in [0.15, 0.2) is 11.5 Å². The molecule has 28 heavy (non-hydrogen) atoms. The maximum atomic E-state index is 12.1. The largest absolute Gasteiger partial charge is 0.493 e. The van der Waals surface area contributed by atoms with Gasteiger partial charge in [0.05, 0.1) is 14.2 Å². The van der Waals surface area contributed by atoms with E-state index in [1.807, 2.05) is 49.4 Å². The minimum absolute atomic E-state index is 0.0127. The number of benzene rings is 2. The van der Waals surface area contributed by atoms with Gasteiger partial charge in [0, 0.05) is 25.1 Å². The number of rotatable bonds is 10. The van der Waals surface area contributed by atoms with E-state index in [2.05, 4.69) is 10.6 Å². The zero-order valence-electron chi connectivity index (χ0n) is 16.7. The maximum absolute atomic E-state index is 12.1. The van der Waals surface area contributed by atoms with Crippen LogP contribution in [0.15, 0.2) is 42.5 Å². The molecule has 0 unspecified atom stereocenters. The molecule has 0 atom stereocenters. The average molecular weight is 384 g/mol. The Balaban J connectivity index is 1.78. The molecule has 150 valence electrons. The van der Waals surface area contributed by atoms with E-state index in [0.29, 0.717) is 37.3 Å². The fraction of sp³-hybridized carbons (Fsp3) is 0.364. The topological polar surface area (TPSA) is 76.7 Å². The molecule has 6 heteroatoms. The third kappa shape index (κ3) is 6.61. The van der Waals surface area contributed by atoms with Gasteiger partial charge in [-0.05, 0) is 48.2 Å². The van der Waals surface area contributed by atoms with Crippen LogP contribution in [0.3, 0.4) is 0 Å². The molecule has 0 fully saturated rings. The molecule has 0 radical (unpaired) electrons. The Bertz CT molecular complexity index is 788. The number of carbonyl (C=O) groups is 2. The lowest BCUT2D eigenvalue weighted by Crippen LogP contribution is -2.23. The van der Waals surface area contributed by atoms with Crippen molar-refractivity contribution in [2.75, 3.05) is 19.5 Å². The second kappa shape index (κ2) is 11.0. The van der Waals surface area contributed by atoms with Crippen LogP contribution in [0.5, 0.6) is 11.5 Å². The Morgan fingerprint density at radius 1 is 0.857 bits per heavy atom. The molecular weight excluding hydrogens is 356 g/mol. The molecule has 2 rings (SSSR count). The molecule has 2 aromatic rings. The molecule has 6 nitrogen and oxygen atoms in total. The molecule has 0 saturated carbocycles. The Morgan fingerprint density at radius 2 is 1.54 bits per heavy atom. The number of methoxy groups -OCH3 is 2. The van der Waals surface area contributed by atoms with Crippen molar-refractivity contribution in [1.29, 1.82) is 0 Å². The molecule has 0 saturated heterocycles. The van der Waals surface area contributed by atoms with Crippen molar-refractivity contribution < 1.29 is 19.1 Å². The van der Waals surface area contributed by atoms with Crippen LogP contribution in [0.4, 0.5) is 5.69 Å². The van der Waals surface area contributed by atoms with E-state index in [0.717, 1.165) is 23.2 Å². The summed E-state index contributed by atoms with van der Waals surface area (Å²) < 4.78 is 10.5. The molecule has 0 bridgehead atoms. The quantitative estimate of drug-likeness (QED) is 0.655. The summed E-state index contributed by atoms with van der Waals surface area (Å²) in [5.74, 6) is 1.32. The van der Waals surface area contributed by atoms with Crippen molar-refractivity contribution in [3.05, 3.63) is 53.6 Å². The molecule has 0 aliphatic heterocycles. The maximum Gasteiger partial charge on any atom is 0.224 e. The van der Waals surface area contributed by atoms with Gasteiger partial charge in [-0.25, -0.2) is 0 Å². The summed E-state index contributed by atoms with van der Waals surface area (Å²) in [4.78, 5) is 23.7. The number of nitrogens with one attached hydrogen (secondary N) is 2. The van der Waals surface area contributed by atoms with Crippen molar-refractivity contribution in [3.8, 4) is 11.5 Å². The average Bonchev–Trinajstić information content (AvgIpc) is 2.71. The van der Waals surface area contributed by atoms with Crippen LogP contribution in [-0.2, 0) is 22.6 Å². The fourth-order valence-corrected chi connectivity index (χ4v) is 2.74. The first-order valence-corrected chi connectivity index (χ1v) is 9.42. The fourth-order valence-electron chi connectivity index (χ4n) is 2.74. The third-order valence-corrected chi connectivity index (χ3v) is 4.29. The first kappa shape index (κ1) is 21.3. The first-order chi connectivity index (χ1) is 13.5. The van der Waals surface area contributed by atoms with Gasteiger partial charge in [0.1, 0.15) is 0 Å². The minimum atomic E-state index is -0.0184. The number of ether oxygens (including phenoxy) is 2. The summed E-state index contributed by atoms with van der Waals surface area (Å²) in [6.45, 7) is 2.42. The Morgan fingerprint density at radius 3 is 2.18 bits per heavy atom. The third-order valence-electron chi connectivity index (χ3n) is 4.29. The molecule has 2 N–H and O–H groups in total. The molecule has 2 aromatic carbocycles. The van der Waals surface area contributed by atoms with Gasteiger partial charge in [0.25, 0.3) is 0 Å². The van der Waals surface area contributed by atoms with Gasteiger partial charge < -0.3 is 20.1 Å². The summed E-state index contributed by atoms with van der Waals surface area (Å²) in [6.07, 6.45) is 2.34. The Labute approximate surface area is 166 Å². The van der Waals surface area contributed by atoms with Gasteiger partial charge >= 0.3 is 0 Å². The SMILES string of the molecule is CCCC(=O)Nc1ccc(CNC(=O)CCc2ccc(OC)c(OC)c2)cc1. The molecule has 0 aliphatic rings. The molecule has 0 spiro atoms. The summed E-state index contributed by atoms with van der Waals surface area (Å²) >= 11 is 0. The van der Waals surface area contributed by atoms with Crippen LogP contribution in [0, 0.1) is 0 Å². The highest BCUT2D eigenvalue weighted by Gasteiger charge is 2.07. The summed E-state index contributed by atoms with van der Waals surface area (Å²) in [6, 6.07) is 13.1. The lowest BCUT2D eigenvalue weighted by atomic mass is 10.1. The summed E-state index contributed by atoms with van der Waals surface area (Å²) in [7, 11) is 3.19. The number of amides is 2. The number of hydrogen-bond donors (Lipinski definition) is 2. The van der Waals surface area contributed by atoms with E-state index in [1.165, 1.54) is 0 Å². The first-order valence-electron chi connectivity index (χ1n) is 9.42. The van der Waals surface area contributed by atoms with Crippen LogP contribution in [0.25, 0.3) is 0 Å². The van der Waals surface area contributed by atoms with Gasteiger partial charge in [-0.1, -0.05) is 25.1 Å². The predicted octanol–water partition coefficient (Wildman–Crippen LogP) is 3.69. The molecule has 0 aromatic heterocycles. The van der Waals surface area contributed by atoms with Crippen molar-refractivity contribution in [3.63, 3.8) is 0 Å². The van der Waals surface area contributed by atoms with Crippen LogP contribution in [0.2, 0.25) is 0 Å². The molecule has 2 amide bonds.